The van der Waals surface area contributed by atoms with Crippen molar-refractivity contribution in [3.05, 3.63) is 33.5 Å². The van der Waals surface area contributed by atoms with Gasteiger partial charge in [0.1, 0.15) is 5.82 Å². The minimum Gasteiger partial charge on any atom is -0.469 e. The normalized spacial score (nSPS) is 9.47. The first-order valence-electron chi connectivity index (χ1n) is 4.03. The first kappa shape index (κ1) is 11.7. The average molecular weight is 272 g/mol. The molecule has 3 nitrogen and oxygen atoms in total. The van der Waals surface area contributed by atoms with Gasteiger partial charge in [-0.05, 0) is 12.1 Å². The fourth-order valence-electron chi connectivity index (χ4n) is 1.05. The lowest BCUT2D eigenvalue weighted by Gasteiger charge is -2.05. The number of hydrogen-bond donors (Lipinski definition) is 0. The molecule has 0 aliphatic heterocycles. The molecule has 0 bridgehead atoms. The molecule has 1 aromatic rings. The Morgan fingerprint density at radius 1 is 1.67 bits per heavy atom. The van der Waals surface area contributed by atoms with Gasteiger partial charge in [-0.25, -0.2) is 4.39 Å². The first-order valence-corrected chi connectivity index (χ1v) is 4.82. The molecule has 0 amide bonds. The van der Waals surface area contributed by atoms with E-state index in [-0.39, 0.29) is 17.5 Å². The van der Waals surface area contributed by atoms with Crippen LogP contribution < -0.4 is 0 Å². The van der Waals surface area contributed by atoms with E-state index < -0.39 is 11.8 Å². The lowest BCUT2D eigenvalue weighted by Crippen LogP contribution is -2.07. The molecule has 0 spiro atoms. The van der Waals surface area contributed by atoms with E-state index in [4.69, 9.17) is 5.26 Å². The Kier molecular flexibility index (Phi) is 3.81. The number of hydrogen-bond acceptors (Lipinski definition) is 3. The van der Waals surface area contributed by atoms with E-state index in [1.165, 1.54) is 13.2 Å². The third-order valence-corrected chi connectivity index (χ3v) is 2.53. The van der Waals surface area contributed by atoms with Crippen LogP contribution in [0.25, 0.3) is 0 Å². The van der Waals surface area contributed by atoms with E-state index in [1.807, 2.05) is 6.07 Å². The van der Waals surface area contributed by atoms with Crippen molar-refractivity contribution in [2.45, 2.75) is 6.42 Å². The fraction of sp³-hybridized carbons (Fsp3) is 0.200. The van der Waals surface area contributed by atoms with Gasteiger partial charge in [0.05, 0.1) is 25.2 Å². The molecule has 0 radical (unpaired) electrons. The summed E-state index contributed by atoms with van der Waals surface area (Å²) >= 11 is 3.10. The summed E-state index contributed by atoms with van der Waals surface area (Å²) in [6.07, 6.45) is -0.158. The molecule has 0 saturated carbocycles. The standard InChI is InChI=1S/C10H7BrFNO2/c1-15-10(14)4-7-8(11)2-6(5-13)3-9(7)12/h2-3H,4H2,1H3. The predicted octanol–water partition coefficient (Wildman–Crippen LogP) is 2.18. The SMILES string of the molecule is COC(=O)Cc1c(F)cc(C#N)cc1Br. The van der Waals surface area contributed by atoms with Crippen molar-refractivity contribution < 1.29 is 13.9 Å². The number of halogens is 2. The molecule has 1 rings (SSSR count). The number of methoxy groups -OCH3 is 1. The number of carbonyl (C=O) groups is 1. The summed E-state index contributed by atoms with van der Waals surface area (Å²) in [6, 6.07) is 4.36. The smallest absolute Gasteiger partial charge is 0.310 e. The van der Waals surface area contributed by atoms with Gasteiger partial charge in [0.2, 0.25) is 0 Å². The Balaban J connectivity index is 3.10. The molecule has 0 aromatic heterocycles. The molecule has 15 heavy (non-hydrogen) atoms. The highest BCUT2D eigenvalue weighted by Gasteiger charge is 2.13. The Bertz CT molecular complexity index is 417. The summed E-state index contributed by atoms with van der Waals surface area (Å²) in [4.78, 5) is 11.0. The van der Waals surface area contributed by atoms with Crippen LogP contribution in [0.4, 0.5) is 4.39 Å². The van der Waals surface area contributed by atoms with Crippen LogP contribution >= 0.6 is 15.9 Å². The van der Waals surface area contributed by atoms with Crippen molar-refractivity contribution in [1.29, 1.82) is 5.26 Å². The van der Waals surface area contributed by atoms with Crippen LogP contribution in [-0.4, -0.2) is 13.1 Å². The number of esters is 1. The summed E-state index contributed by atoms with van der Waals surface area (Å²) in [5, 5.41) is 8.58. The molecule has 0 saturated heterocycles. The maximum Gasteiger partial charge on any atom is 0.310 e. The van der Waals surface area contributed by atoms with Crippen LogP contribution in [-0.2, 0) is 16.0 Å². The van der Waals surface area contributed by atoms with Gasteiger partial charge in [-0.3, -0.25) is 4.79 Å². The van der Waals surface area contributed by atoms with Gasteiger partial charge >= 0.3 is 5.97 Å². The second kappa shape index (κ2) is 4.89. The maximum atomic E-state index is 13.4. The highest BCUT2D eigenvalue weighted by atomic mass is 79.9. The first-order chi connectivity index (χ1) is 7.08. The summed E-state index contributed by atoms with van der Waals surface area (Å²) in [7, 11) is 1.23. The quantitative estimate of drug-likeness (QED) is 0.775. The number of rotatable bonds is 2. The monoisotopic (exact) mass is 271 g/mol. The Labute approximate surface area is 94.6 Å². The van der Waals surface area contributed by atoms with Gasteiger partial charge in [0.25, 0.3) is 0 Å². The fourth-order valence-corrected chi connectivity index (χ4v) is 1.63. The summed E-state index contributed by atoms with van der Waals surface area (Å²) in [5.41, 5.74) is 0.397. The van der Waals surface area contributed by atoms with Gasteiger partial charge < -0.3 is 4.74 Å². The average Bonchev–Trinajstić information content (AvgIpc) is 2.22. The topological polar surface area (TPSA) is 50.1 Å². The van der Waals surface area contributed by atoms with E-state index in [0.29, 0.717) is 4.47 Å². The molecular formula is C10H7BrFNO2. The van der Waals surface area contributed by atoms with Gasteiger partial charge in [0, 0.05) is 10.0 Å². The highest BCUT2D eigenvalue weighted by molar-refractivity contribution is 9.10. The van der Waals surface area contributed by atoms with Crippen LogP contribution in [0.15, 0.2) is 16.6 Å². The molecule has 0 heterocycles. The minimum atomic E-state index is -0.591. The Hall–Kier alpha value is -1.41. The number of nitriles is 1. The summed E-state index contributed by atoms with van der Waals surface area (Å²) < 4.78 is 18.2. The summed E-state index contributed by atoms with van der Waals surface area (Å²) in [5.74, 6) is -1.12. The van der Waals surface area contributed by atoms with Gasteiger partial charge in [-0.15, -0.1) is 0 Å². The zero-order valence-corrected chi connectivity index (χ0v) is 9.47. The molecule has 0 unspecified atom stereocenters. The lowest BCUT2D eigenvalue weighted by atomic mass is 10.1. The number of nitrogens with zero attached hydrogens (tertiary/aromatic N) is 1. The summed E-state index contributed by atoms with van der Waals surface area (Å²) in [6.45, 7) is 0. The molecule has 0 N–H and O–H groups in total. The van der Waals surface area contributed by atoms with Crippen LogP contribution in [0.5, 0.6) is 0 Å². The van der Waals surface area contributed by atoms with Crippen LogP contribution in [0.2, 0.25) is 0 Å². The number of carbonyl (C=O) groups excluding carboxylic acids is 1. The van der Waals surface area contributed by atoms with Crippen molar-refractivity contribution in [2.24, 2.45) is 0 Å². The van der Waals surface area contributed by atoms with E-state index in [9.17, 15) is 9.18 Å². The van der Waals surface area contributed by atoms with Crippen molar-refractivity contribution in [3.8, 4) is 6.07 Å². The second-order valence-electron chi connectivity index (χ2n) is 2.78. The van der Waals surface area contributed by atoms with Gasteiger partial charge in [-0.2, -0.15) is 5.26 Å². The molecule has 0 aliphatic carbocycles. The number of benzene rings is 1. The molecule has 0 atom stereocenters. The zero-order chi connectivity index (χ0) is 11.4. The van der Waals surface area contributed by atoms with Gasteiger partial charge in [0.15, 0.2) is 0 Å². The largest absolute Gasteiger partial charge is 0.469 e. The second-order valence-corrected chi connectivity index (χ2v) is 3.64. The molecule has 5 heteroatoms. The van der Waals surface area contributed by atoms with Crippen LogP contribution in [0.1, 0.15) is 11.1 Å². The Morgan fingerprint density at radius 2 is 2.33 bits per heavy atom. The van der Waals surface area contributed by atoms with E-state index in [0.717, 1.165) is 6.07 Å². The van der Waals surface area contributed by atoms with Crippen molar-refractivity contribution in [3.63, 3.8) is 0 Å². The van der Waals surface area contributed by atoms with Crippen molar-refractivity contribution in [1.82, 2.24) is 0 Å². The lowest BCUT2D eigenvalue weighted by molar-refractivity contribution is -0.139. The zero-order valence-electron chi connectivity index (χ0n) is 7.88. The third kappa shape index (κ3) is 2.77. The van der Waals surface area contributed by atoms with E-state index >= 15 is 0 Å². The maximum absolute atomic E-state index is 13.4. The van der Waals surface area contributed by atoms with Gasteiger partial charge in [-0.1, -0.05) is 15.9 Å². The van der Waals surface area contributed by atoms with Crippen molar-refractivity contribution in [2.75, 3.05) is 7.11 Å². The molecule has 0 fully saturated rings. The van der Waals surface area contributed by atoms with E-state index in [2.05, 4.69) is 20.7 Å². The van der Waals surface area contributed by atoms with Crippen molar-refractivity contribution >= 4 is 21.9 Å². The predicted molar refractivity (Wildman–Crippen MR) is 54.5 cm³/mol. The highest BCUT2D eigenvalue weighted by Crippen LogP contribution is 2.22. The molecule has 1 aromatic carbocycles. The van der Waals surface area contributed by atoms with E-state index in [1.54, 1.807) is 0 Å². The molecular weight excluding hydrogens is 265 g/mol. The van der Waals surface area contributed by atoms with Crippen LogP contribution in [0, 0.1) is 17.1 Å². The molecule has 0 aliphatic rings. The molecule has 78 valence electrons. The number of ether oxygens (including phenoxy) is 1. The minimum absolute atomic E-state index is 0.158. The van der Waals surface area contributed by atoms with Crippen LogP contribution in [0.3, 0.4) is 0 Å². The third-order valence-electron chi connectivity index (χ3n) is 1.82. The Morgan fingerprint density at radius 3 is 2.80 bits per heavy atom.